The van der Waals surface area contributed by atoms with Crippen LogP contribution in [0.25, 0.3) is 5.76 Å². The summed E-state index contributed by atoms with van der Waals surface area (Å²) < 4.78 is 36.0. The third-order valence-corrected chi connectivity index (χ3v) is 1.34. The lowest BCUT2D eigenvalue weighted by atomic mass is 10.2. The number of hydrogen-bond donors (Lipinski definition) is 0. The highest BCUT2D eigenvalue weighted by Crippen LogP contribution is 2.10. The molecular weight excluding hydrogens is 229 g/mol. The molecule has 0 radical (unpaired) electrons. The van der Waals surface area contributed by atoms with Crippen LogP contribution in [0.4, 0.5) is 13.2 Å². The molecule has 0 unspecified atom stereocenters. The van der Waals surface area contributed by atoms with Gasteiger partial charge in [-0.15, -0.1) is 0 Å². The van der Waals surface area contributed by atoms with Crippen molar-refractivity contribution in [3.63, 3.8) is 0 Å². The van der Waals surface area contributed by atoms with Gasteiger partial charge in [0.25, 0.3) is 0 Å². The van der Waals surface area contributed by atoms with Crippen LogP contribution in [-0.4, -0.2) is 13.3 Å². The minimum Gasteiger partial charge on any atom is -0.497 e. The molecule has 0 atom stereocenters. The Morgan fingerprint density at radius 3 is 1.76 bits per heavy atom. The summed E-state index contributed by atoms with van der Waals surface area (Å²) in [5.74, 6) is 0.709. The van der Waals surface area contributed by atoms with Crippen LogP contribution in [0.5, 0.6) is 0 Å². The fourth-order valence-electron chi connectivity index (χ4n) is 0.742. The third kappa shape index (κ3) is 14.5. The van der Waals surface area contributed by atoms with E-state index in [1.807, 2.05) is 44.2 Å². The topological polar surface area (TPSA) is 9.23 Å². The summed E-state index contributed by atoms with van der Waals surface area (Å²) in [6.07, 6.45) is -4.00. The molecule has 0 fully saturated rings. The normalized spacial score (nSPS) is 9.12. The van der Waals surface area contributed by atoms with Crippen molar-refractivity contribution in [1.82, 2.24) is 0 Å². The average Bonchev–Trinajstić information content (AvgIpc) is 2.30. The number of hydrogen-bond acceptors (Lipinski definition) is 1. The predicted molar refractivity (Wildman–Crippen MR) is 65.6 cm³/mol. The molecule has 0 heterocycles. The van der Waals surface area contributed by atoms with Crippen LogP contribution in [0, 0.1) is 0 Å². The van der Waals surface area contributed by atoms with Gasteiger partial charge in [-0.05, 0) is 0 Å². The van der Waals surface area contributed by atoms with Crippen molar-refractivity contribution >= 4 is 5.76 Å². The monoisotopic (exact) mass is 248 g/mol. The minimum absolute atomic E-state index is 0.188. The molecule has 0 saturated carbocycles. The van der Waals surface area contributed by atoms with E-state index < -0.39 is 6.18 Å². The highest BCUT2D eigenvalue weighted by Gasteiger charge is 2.15. The molecule has 0 bridgehead atoms. The Labute approximate surface area is 101 Å². The van der Waals surface area contributed by atoms with Crippen molar-refractivity contribution in [2.45, 2.75) is 26.9 Å². The lowest BCUT2D eigenvalue weighted by Gasteiger charge is -2.01. The summed E-state index contributed by atoms with van der Waals surface area (Å²) in [4.78, 5) is 0. The Hall–Kier alpha value is -1.45. The van der Waals surface area contributed by atoms with E-state index in [4.69, 9.17) is 4.74 Å². The number of methoxy groups -OCH3 is 1. The van der Waals surface area contributed by atoms with Crippen LogP contribution in [-0.2, 0) is 4.74 Å². The van der Waals surface area contributed by atoms with Gasteiger partial charge in [-0.2, -0.15) is 13.2 Å². The molecule has 0 amide bonds. The second-order valence-corrected chi connectivity index (χ2v) is 2.77. The van der Waals surface area contributed by atoms with Crippen LogP contribution in [0.15, 0.2) is 36.9 Å². The second kappa shape index (κ2) is 9.75. The summed E-state index contributed by atoms with van der Waals surface area (Å²) in [5.41, 5.74) is 1.03. The van der Waals surface area contributed by atoms with Gasteiger partial charge < -0.3 is 4.74 Å². The van der Waals surface area contributed by atoms with Crippen molar-refractivity contribution in [2.24, 2.45) is 0 Å². The zero-order chi connectivity index (χ0) is 13.9. The Morgan fingerprint density at radius 1 is 1.12 bits per heavy atom. The van der Waals surface area contributed by atoms with Gasteiger partial charge >= 0.3 is 6.18 Å². The number of ether oxygens (including phenoxy) is 1. The van der Waals surface area contributed by atoms with Crippen molar-refractivity contribution in [2.75, 3.05) is 7.11 Å². The first-order chi connectivity index (χ1) is 7.84. The maximum absolute atomic E-state index is 10.4. The largest absolute Gasteiger partial charge is 0.497 e. The zero-order valence-electron chi connectivity index (χ0n) is 10.6. The molecule has 98 valence electrons. The molecule has 17 heavy (non-hydrogen) atoms. The molecule has 1 aromatic carbocycles. The van der Waals surface area contributed by atoms with Gasteiger partial charge in [0.15, 0.2) is 0 Å². The van der Waals surface area contributed by atoms with E-state index in [-0.39, 0.29) is 6.92 Å². The standard InChI is InChI=1S/C9H10O.C2H3F3.C2H6/c1-8(10-2)9-6-4-3-5-7-9;1-2(3,4)5;1-2/h3-7H,1H2,2H3;1H3;1-2H3. The number of alkyl halides is 3. The number of rotatable bonds is 2. The molecule has 1 nitrogen and oxygen atoms in total. The van der Waals surface area contributed by atoms with Crippen LogP contribution in [0.2, 0.25) is 0 Å². The first kappa shape index (κ1) is 17.9. The SMILES string of the molecule is C=C(OC)c1ccccc1.CC.CC(F)(F)F. The highest BCUT2D eigenvalue weighted by molar-refractivity contribution is 5.56. The van der Waals surface area contributed by atoms with Crippen molar-refractivity contribution in [1.29, 1.82) is 0 Å². The maximum Gasteiger partial charge on any atom is 0.386 e. The lowest BCUT2D eigenvalue weighted by molar-refractivity contribution is -0.110. The van der Waals surface area contributed by atoms with Gasteiger partial charge in [0.2, 0.25) is 0 Å². The fraction of sp³-hybridized carbons (Fsp3) is 0.385. The number of halogens is 3. The van der Waals surface area contributed by atoms with Gasteiger partial charge in [0, 0.05) is 12.5 Å². The first-order valence-electron chi connectivity index (χ1n) is 5.19. The zero-order valence-corrected chi connectivity index (χ0v) is 10.6. The van der Waals surface area contributed by atoms with Gasteiger partial charge in [0.05, 0.1) is 7.11 Å². The maximum atomic E-state index is 10.4. The van der Waals surface area contributed by atoms with Gasteiger partial charge in [-0.1, -0.05) is 50.8 Å². The Kier molecular flexibility index (Phi) is 10.3. The molecule has 0 aliphatic carbocycles. The van der Waals surface area contributed by atoms with Crippen molar-refractivity contribution < 1.29 is 17.9 Å². The summed E-state index contributed by atoms with van der Waals surface area (Å²) in [5, 5.41) is 0. The van der Waals surface area contributed by atoms with E-state index in [9.17, 15) is 13.2 Å². The first-order valence-corrected chi connectivity index (χ1v) is 5.19. The van der Waals surface area contributed by atoms with E-state index >= 15 is 0 Å². The van der Waals surface area contributed by atoms with E-state index in [1.165, 1.54) is 0 Å². The van der Waals surface area contributed by atoms with Crippen LogP contribution in [0.1, 0.15) is 26.3 Å². The summed E-state index contributed by atoms with van der Waals surface area (Å²) in [7, 11) is 1.62. The minimum atomic E-state index is -4.00. The summed E-state index contributed by atoms with van der Waals surface area (Å²) >= 11 is 0. The fourth-order valence-corrected chi connectivity index (χ4v) is 0.742. The van der Waals surface area contributed by atoms with Crippen LogP contribution < -0.4 is 0 Å². The van der Waals surface area contributed by atoms with Crippen LogP contribution in [0.3, 0.4) is 0 Å². The molecule has 4 heteroatoms. The second-order valence-electron chi connectivity index (χ2n) is 2.77. The number of benzene rings is 1. The van der Waals surface area contributed by atoms with E-state index in [0.29, 0.717) is 5.76 Å². The smallest absolute Gasteiger partial charge is 0.386 e. The van der Waals surface area contributed by atoms with Crippen LogP contribution >= 0.6 is 0 Å². The Bertz CT molecular complexity index is 285. The molecule has 1 rings (SSSR count). The Morgan fingerprint density at radius 2 is 1.47 bits per heavy atom. The highest BCUT2D eigenvalue weighted by atomic mass is 19.4. The summed E-state index contributed by atoms with van der Waals surface area (Å²) in [6, 6.07) is 9.81. The quantitative estimate of drug-likeness (QED) is 0.676. The van der Waals surface area contributed by atoms with Crippen molar-refractivity contribution in [3.05, 3.63) is 42.5 Å². The van der Waals surface area contributed by atoms with E-state index in [0.717, 1.165) is 5.56 Å². The van der Waals surface area contributed by atoms with E-state index in [1.54, 1.807) is 7.11 Å². The molecule has 0 aliphatic heterocycles. The molecule has 0 N–H and O–H groups in total. The molecule has 0 aromatic heterocycles. The lowest BCUT2D eigenvalue weighted by Crippen LogP contribution is -1.95. The van der Waals surface area contributed by atoms with Crippen molar-refractivity contribution in [3.8, 4) is 0 Å². The Balaban J connectivity index is 0. The molecule has 1 aromatic rings. The molecule has 0 spiro atoms. The predicted octanol–water partition coefficient (Wildman–Crippen LogP) is 4.90. The van der Waals surface area contributed by atoms with Gasteiger partial charge in [-0.25, -0.2) is 0 Å². The molecule has 0 saturated heterocycles. The molecule has 0 aliphatic rings. The summed E-state index contributed by atoms with van der Waals surface area (Å²) in [6.45, 7) is 7.91. The third-order valence-electron chi connectivity index (χ3n) is 1.34. The molecular formula is C13H19F3O. The van der Waals surface area contributed by atoms with E-state index in [2.05, 4.69) is 6.58 Å². The average molecular weight is 248 g/mol. The van der Waals surface area contributed by atoms with Gasteiger partial charge in [0.1, 0.15) is 5.76 Å². The van der Waals surface area contributed by atoms with Gasteiger partial charge in [-0.3, -0.25) is 0 Å².